The van der Waals surface area contributed by atoms with Crippen molar-refractivity contribution in [3.05, 3.63) is 81.9 Å². The van der Waals surface area contributed by atoms with E-state index >= 15 is 0 Å². The van der Waals surface area contributed by atoms with Crippen molar-refractivity contribution >= 4 is 23.8 Å². The predicted molar refractivity (Wildman–Crippen MR) is 117 cm³/mol. The summed E-state index contributed by atoms with van der Waals surface area (Å²) >= 11 is 0. The molecule has 3 aromatic rings. The molecule has 0 fully saturated rings. The number of benzene rings is 3. The van der Waals surface area contributed by atoms with Crippen LogP contribution in [0.5, 0.6) is 11.5 Å². The van der Waals surface area contributed by atoms with Gasteiger partial charge in [0.15, 0.2) is 0 Å². The van der Waals surface area contributed by atoms with Gasteiger partial charge in [-0.25, -0.2) is 0 Å². The summed E-state index contributed by atoms with van der Waals surface area (Å²) in [5, 5.41) is 20.1. The maximum absolute atomic E-state index is 13.0. The zero-order valence-corrected chi connectivity index (χ0v) is 17.8. The second-order valence-electron chi connectivity index (χ2n) is 7.49. The molecule has 34 heavy (non-hydrogen) atoms. The van der Waals surface area contributed by atoms with Gasteiger partial charge < -0.3 is 10.2 Å². The number of alkyl halides is 6. The number of phenolic OH excluding ortho intramolecular Hbond substituents is 2. The number of aryl methyl sites for hydroxylation is 2. The van der Waals surface area contributed by atoms with Crippen molar-refractivity contribution in [1.82, 2.24) is 0 Å². The van der Waals surface area contributed by atoms with Gasteiger partial charge in [0, 0.05) is 23.6 Å². The minimum atomic E-state index is -4.59. The number of aliphatic imine (C=N–C) groups is 2. The highest BCUT2D eigenvalue weighted by atomic mass is 19.4. The Balaban J connectivity index is 1.90. The fourth-order valence-corrected chi connectivity index (χ4v) is 3.08. The SMILES string of the molecule is Cc1cc(C(F)(F)F)cc(C=Nc2cccc(N=Cc3cc(C(F)(F)F)cc(C)c3O)c2)c1O. The Labute approximate surface area is 190 Å². The van der Waals surface area contributed by atoms with E-state index in [0.717, 1.165) is 36.7 Å². The smallest absolute Gasteiger partial charge is 0.416 e. The van der Waals surface area contributed by atoms with Crippen LogP contribution in [0, 0.1) is 13.8 Å². The Hall–Kier alpha value is -3.82. The quantitative estimate of drug-likeness (QED) is 0.305. The molecular formula is C24H18F6N2O2. The van der Waals surface area contributed by atoms with Crippen molar-refractivity contribution in [2.75, 3.05) is 0 Å². The molecule has 0 aliphatic heterocycles. The van der Waals surface area contributed by atoms with Crippen LogP contribution in [-0.4, -0.2) is 22.6 Å². The summed E-state index contributed by atoms with van der Waals surface area (Å²) in [5.41, 5.74) is -1.52. The molecule has 0 unspecified atom stereocenters. The Morgan fingerprint density at radius 2 is 1.03 bits per heavy atom. The minimum absolute atomic E-state index is 0.0332. The molecule has 2 N–H and O–H groups in total. The Bertz CT molecular complexity index is 1180. The first-order chi connectivity index (χ1) is 15.8. The lowest BCUT2D eigenvalue weighted by Crippen LogP contribution is -2.06. The first-order valence-electron chi connectivity index (χ1n) is 9.75. The van der Waals surface area contributed by atoms with Gasteiger partial charge >= 0.3 is 12.4 Å². The average molecular weight is 480 g/mol. The summed E-state index contributed by atoms with van der Waals surface area (Å²) in [6.07, 6.45) is -7.04. The molecule has 0 saturated heterocycles. The Kier molecular flexibility index (Phi) is 6.72. The van der Waals surface area contributed by atoms with Gasteiger partial charge in [-0.15, -0.1) is 0 Å². The van der Waals surface area contributed by atoms with Gasteiger partial charge in [-0.05, 0) is 67.4 Å². The van der Waals surface area contributed by atoms with Crippen LogP contribution in [0.25, 0.3) is 0 Å². The van der Waals surface area contributed by atoms with Gasteiger partial charge in [0.25, 0.3) is 0 Å². The molecule has 0 bridgehead atoms. The van der Waals surface area contributed by atoms with E-state index < -0.39 is 23.5 Å². The summed E-state index contributed by atoms with van der Waals surface area (Å²) in [5.74, 6) is -0.692. The topological polar surface area (TPSA) is 65.2 Å². The molecule has 0 aliphatic rings. The zero-order chi connectivity index (χ0) is 25.3. The molecule has 3 aromatic carbocycles. The fraction of sp³-hybridized carbons (Fsp3) is 0.167. The standard InChI is InChI=1S/C24H18F6N2O2/c1-13-6-17(23(25,26)27)8-15(21(13)33)11-31-19-4-3-5-20(10-19)32-12-16-9-18(24(28,29)30)7-14(2)22(16)34/h3-12,33-34H,1-2H3. The lowest BCUT2D eigenvalue weighted by atomic mass is 10.0. The molecule has 0 radical (unpaired) electrons. The van der Waals surface area contributed by atoms with Crippen LogP contribution in [-0.2, 0) is 12.4 Å². The van der Waals surface area contributed by atoms with Crippen LogP contribution in [0.3, 0.4) is 0 Å². The van der Waals surface area contributed by atoms with Crippen LogP contribution in [0.2, 0.25) is 0 Å². The lowest BCUT2D eigenvalue weighted by Gasteiger charge is -2.11. The number of nitrogens with zero attached hydrogens (tertiary/aromatic N) is 2. The van der Waals surface area contributed by atoms with Crippen LogP contribution in [0.4, 0.5) is 37.7 Å². The molecule has 4 nitrogen and oxygen atoms in total. The summed E-state index contributed by atoms with van der Waals surface area (Å²) in [4.78, 5) is 8.14. The number of phenols is 2. The van der Waals surface area contributed by atoms with E-state index in [0.29, 0.717) is 0 Å². The van der Waals surface area contributed by atoms with E-state index in [9.17, 15) is 36.6 Å². The first kappa shape index (κ1) is 24.8. The van der Waals surface area contributed by atoms with Gasteiger partial charge in [-0.2, -0.15) is 26.3 Å². The lowest BCUT2D eigenvalue weighted by molar-refractivity contribution is -0.138. The summed E-state index contributed by atoms with van der Waals surface area (Å²) in [6, 6.07) is 9.22. The number of aromatic hydroxyl groups is 2. The van der Waals surface area contributed by atoms with Crippen molar-refractivity contribution < 1.29 is 36.6 Å². The number of halogens is 6. The van der Waals surface area contributed by atoms with Crippen molar-refractivity contribution in [2.45, 2.75) is 26.2 Å². The van der Waals surface area contributed by atoms with Gasteiger partial charge in [-0.3, -0.25) is 9.98 Å². The molecule has 0 aromatic heterocycles. The third-order valence-electron chi connectivity index (χ3n) is 4.85. The highest BCUT2D eigenvalue weighted by molar-refractivity contribution is 5.88. The van der Waals surface area contributed by atoms with Crippen molar-refractivity contribution in [3.63, 3.8) is 0 Å². The van der Waals surface area contributed by atoms with E-state index in [1.807, 2.05) is 0 Å². The monoisotopic (exact) mass is 480 g/mol. The largest absolute Gasteiger partial charge is 0.507 e. The Morgan fingerprint density at radius 3 is 1.38 bits per heavy atom. The van der Waals surface area contributed by atoms with E-state index in [1.165, 1.54) is 38.1 Å². The van der Waals surface area contributed by atoms with Gasteiger partial charge in [0.05, 0.1) is 22.5 Å². The fourth-order valence-electron chi connectivity index (χ4n) is 3.08. The maximum atomic E-state index is 13.0. The highest BCUT2D eigenvalue weighted by Crippen LogP contribution is 2.35. The van der Waals surface area contributed by atoms with Crippen LogP contribution in [0.15, 0.2) is 58.5 Å². The third-order valence-corrected chi connectivity index (χ3v) is 4.85. The van der Waals surface area contributed by atoms with E-state index in [4.69, 9.17) is 0 Å². The molecule has 0 atom stereocenters. The Morgan fingerprint density at radius 1 is 0.647 bits per heavy atom. The van der Waals surface area contributed by atoms with E-state index in [-0.39, 0.29) is 45.1 Å². The number of hydrogen-bond donors (Lipinski definition) is 2. The van der Waals surface area contributed by atoms with E-state index in [1.54, 1.807) is 0 Å². The minimum Gasteiger partial charge on any atom is -0.507 e. The molecule has 0 aliphatic carbocycles. The van der Waals surface area contributed by atoms with Crippen molar-refractivity contribution in [3.8, 4) is 11.5 Å². The molecule has 0 saturated carbocycles. The zero-order valence-electron chi connectivity index (χ0n) is 17.8. The summed E-state index contributed by atoms with van der Waals surface area (Å²) in [6.45, 7) is 2.67. The normalized spacial score (nSPS) is 12.7. The summed E-state index contributed by atoms with van der Waals surface area (Å²) in [7, 11) is 0. The van der Waals surface area contributed by atoms with Crippen LogP contribution in [0.1, 0.15) is 33.4 Å². The molecule has 10 heteroatoms. The third kappa shape index (κ3) is 5.75. The van der Waals surface area contributed by atoms with Crippen molar-refractivity contribution in [2.24, 2.45) is 9.98 Å². The van der Waals surface area contributed by atoms with Crippen LogP contribution < -0.4 is 0 Å². The van der Waals surface area contributed by atoms with Gasteiger partial charge in [0.2, 0.25) is 0 Å². The highest BCUT2D eigenvalue weighted by Gasteiger charge is 2.32. The maximum Gasteiger partial charge on any atom is 0.416 e. The summed E-state index contributed by atoms with van der Waals surface area (Å²) < 4.78 is 78.3. The average Bonchev–Trinajstić information content (AvgIpc) is 2.74. The van der Waals surface area contributed by atoms with Gasteiger partial charge in [-0.1, -0.05) is 6.07 Å². The molecule has 3 rings (SSSR count). The van der Waals surface area contributed by atoms with E-state index in [2.05, 4.69) is 9.98 Å². The predicted octanol–water partition coefficient (Wildman–Crippen LogP) is 7.25. The molecule has 0 spiro atoms. The van der Waals surface area contributed by atoms with Crippen LogP contribution >= 0.6 is 0 Å². The first-order valence-corrected chi connectivity index (χ1v) is 9.75. The second kappa shape index (κ2) is 9.20. The number of hydrogen-bond acceptors (Lipinski definition) is 4. The molecule has 0 amide bonds. The van der Waals surface area contributed by atoms with Gasteiger partial charge in [0.1, 0.15) is 11.5 Å². The second-order valence-corrected chi connectivity index (χ2v) is 7.49. The molecule has 178 valence electrons. The molecule has 0 heterocycles. The molecular weight excluding hydrogens is 462 g/mol. The number of rotatable bonds is 4. The van der Waals surface area contributed by atoms with Crippen molar-refractivity contribution in [1.29, 1.82) is 0 Å².